The van der Waals surface area contributed by atoms with Gasteiger partial charge in [-0.2, -0.15) is 0 Å². The Morgan fingerprint density at radius 3 is 1.94 bits per heavy atom. The summed E-state index contributed by atoms with van der Waals surface area (Å²) >= 11 is 0. The topological polar surface area (TPSA) is 88.1 Å². The van der Waals surface area contributed by atoms with Crippen LogP contribution in [-0.4, -0.2) is 31.7 Å². The average Bonchev–Trinajstić information content (AvgIpc) is 2.17. The highest BCUT2D eigenvalue weighted by molar-refractivity contribution is 7.71. The van der Waals surface area contributed by atoms with Gasteiger partial charge in [0.15, 0.2) is 0 Å². The quantitative estimate of drug-likeness (QED) is 0.389. The van der Waals surface area contributed by atoms with Crippen LogP contribution in [0.15, 0.2) is 0 Å². The molecule has 0 aliphatic rings. The van der Waals surface area contributed by atoms with Gasteiger partial charge in [-0.1, -0.05) is 0 Å². The summed E-state index contributed by atoms with van der Waals surface area (Å²) in [5.41, 5.74) is -1.17. The highest BCUT2D eigenvalue weighted by Crippen LogP contribution is 2.49. The minimum atomic E-state index is -3.92. The van der Waals surface area contributed by atoms with E-state index in [1.165, 1.54) is 0 Å². The van der Waals surface area contributed by atoms with Gasteiger partial charge in [0.25, 0.3) is 0 Å². The zero-order valence-corrected chi connectivity index (χ0v) is 10.3. The lowest BCUT2D eigenvalue weighted by molar-refractivity contribution is -0.148. The average molecular weight is 254 g/mol. The van der Waals surface area contributed by atoms with E-state index < -0.39 is 26.1 Å². The van der Waals surface area contributed by atoms with Crippen LogP contribution in [0.3, 0.4) is 0 Å². The summed E-state index contributed by atoms with van der Waals surface area (Å²) in [6.07, 6.45) is 0. The molecule has 7 nitrogen and oxygen atoms in total. The van der Waals surface area contributed by atoms with Gasteiger partial charge in [0.1, 0.15) is 0 Å². The van der Waals surface area contributed by atoms with E-state index in [9.17, 15) is 14.2 Å². The molecule has 8 heteroatoms. The molecular weight excluding hydrogens is 239 g/mol. The first kappa shape index (κ1) is 15.1. The molecule has 0 bridgehead atoms. The number of carbonyl (C=O) groups excluding carboxylic acids is 2. The fourth-order valence-corrected chi connectivity index (χ4v) is 1.90. The van der Waals surface area contributed by atoms with E-state index in [0.29, 0.717) is 0 Å². The van der Waals surface area contributed by atoms with E-state index in [1.807, 2.05) is 0 Å². The summed E-state index contributed by atoms with van der Waals surface area (Å²) in [5.74, 6) is -0.615. The summed E-state index contributed by atoms with van der Waals surface area (Å²) in [5, 5.41) is 0. The van der Waals surface area contributed by atoms with Gasteiger partial charge in [0.2, 0.25) is 6.79 Å². The summed E-state index contributed by atoms with van der Waals surface area (Å²) in [6.45, 7) is 3.74. The standard InChI is InChI=1S/C8H15O7P/c1-4-14-16(11,15-5-2)8(10)13-6-12-7(3)9/h4-6H2,1-3H3. The molecule has 0 fully saturated rings. The number of hydrogen-bond donors (Lipinski definition) is 0. The maximum absolute atomic E-state index is 11.7. The third kappa shape index (κ3) is 5.25. The summed E-state index contributed by atoms with van der Waals surface area (Å²) in [4.78, 5) is 21.7. The molecule has 0 N–H and O–H groups in total. The van der Waals surface area contributed by atoms with Crippen molar-refractivity contribution < 1.29 is 32.7 Å². The smallest absolute Gasteiger partial charge is 0.428 e. The van der Waals surface area contributed by atoms with Gasteiger partial charge in [-0.15, -0.1) is 0 Å². The molecule has 0 aromatic carbocycles. The summed E-state index contributed by atoms with van der Waals surface area (Å²) in [6, 6.07) is 0. The molecule has 0 radical (unpaired) electrons. The van der Waals surface area contributed by atoms with Gasteiger partial charge in [-0.05, 0) is 13.8 Å². The third-order valence-electron chi connectivity index (χ3n) is 1.27. The predicted molar refractivity (Wildman–Crippen MR) is 54.0 cm³/mol. The van der Waals surface area contributed by atoms with Crippen molar-refractivity contribution >= 4 is 19.3 Å². The van der Waals surface area contributed by atoms with Crippen LogP contribution >= 0.6 is 7.60 Å². The highest BCUT2D eigenvalue weighted by Gasteiger charge is 2.36. The summed E-state index contributed by atoms with van der Waals surface area (Å²) < 4.78 is 29.9. The Hall–Kier alpha value is -0.910. The van der Waals surface area contributed by atoms with Crippen molar-refractivity contribution in [3.05, 3.63) is 0 Å². The Labute approximate surface area is 93.5 Å². The molecule has 0 saturated heterocycles. The monoisotopic (exact) mass is 254 g/mol. The third-order valence-corrected chi connectivity index (χ3v) is 3.04. The van der Waals surface area contributed by atoms with E-state index in [0.717, 1.165) is 6.92 Å². The van der Waals surface area contributed by atoms with E-state index in [2.05, 4.69) is 9.47 Å². The zero-order chi connectivity index (χ0) is 12.6. The molecule has 16 heavy (non-hydrogen) atoms. The van der Waals surface area contributed by atoms with Gasteiger partial charge in [0.05, 0.1) is 13.2 Å². The molecule has 0 unspecified atom stereocenters. The highest BCUT2D eigenvalue weighted by atomic mass is 31.2. The first-order valence-electron chi connectivity index (χ1n) is 4.66. The SMILES string of the molecule is CCOP(=O)(OCC)C(=O)OCOC(C)=O. The van der Waals surface area contributed by atoms with Crippen LogP contribution in [0.4, 0.5) is 4.79 Å². The van der Waals surface area contributed by atoms with Crippen LogP contribution in [0.1, 0.15) is 20.8 Å². The Balaban J connectivity index is 4.28. The van der Waals surface area contributed by atoms with E-state index in [4.69, 9.17) is 9.05 Å². The number of carbonyl (C=O) groups is 2. The normalized spacial score (nSPS) is 10.9. The van der Waals surface area contributed by atoms with Crippen molar-refractivity contribution in [3.8, 4) is 0 Å². The van der Waals surface area contributed by atoms with Crippen molar-refractivity contribution in [2.24, 2.45) is 0 Å². The first-order valence-corrected chi connectivity index (χ1v) is 6.20. The molecule has 0 amide bonds. The van der Waals surface area contributed by atoms with Crippen LogP contribution < -0.4 is 0 Å². The number of esters is 1. The largest absolute Gasteiger partial charge is 0.438 e. The van der Waals surface area contributed by atoms with Crippen LogP contribution in [-0.2, 0) is 27.9 Å². The molecular formula is C8H15O7P. The Morgan fingerprint density at radius 2 is 1.56 bits per heavy atom. The molecule has 0 aliphatic carbocycles. The maximum Gasteiger partial charge on any atom is 0.438 e. The van der Waals surface area contributed by atoms with Crippen molar-refractivity contribution in [3.63, 3.8) is 0 Å². The second kappa shape index (κ2) is 7.38. The van der Waals surface area contributed by atoms with Gasteiger partial charge in [-0.3, -0.25) is 4.79 Å². The van der Waals surface area contributed by atoms with Crippen molar-refractivity contribution in [1.82, 2.24) is 0 Å². The zero-order valence-electron chi connectivity index (χ0n) is 9.43. The second-order valence-corrected chi connectivity index (χ2v) is 4.37. The van der Waals surface area contributed by atoms with Gasteiger partial charge >= 0.3 is 19.3 Å². The lowest BCUT2D eigenvalue weighted by Gasteiger charge is -2.14. The maximum atomic E-state index is 11.7. The molecule has 0 aliphatic heterocycles. The van der Waals surface area contributed by atoms with Crippen molar-refractivity contribution in [2.75, 3.05) is 20.0 Å². The molecule has 0 aromatic rings. The molecule has 0 atom stereocenters. The van der Waals surface area contributed by atoms with Crippen LogP contribution in [0, 0.1) is 0 Å². The van der Waals surface area contributed by atoms with Crippen LogP contribution in [0.2, 0.25) is 0 Å². The van der Waals surface area contributed by atoms with Gasteiger partial charge in [0, 0.05) is 6.92 Å². The van der Waals surface area contributed by atoms with E-state index in [1.54, 1.807) is 13.8 Å². The minimum Gasteiger partial charge on any atom is -0.428 e. The van der Waals surface area contributed by atoms with Crippen molar-refractivity contribution in [2.45, 2.75) is 20.8 Å². The molecule has 0 aromatic heterocycles. The predicted octanol–water partition coefficient (Wildman–Crippen LogP) is 1.91. The minimum absolute atomic E-state index is 0.0416. The van der Waals surface area contributed by atoms with Gasteiger partial charge < -0.3 is 18.5 Å². The van der Waals surface area contributed by atoms with Crippen molar-refractivity contribution in [1.29, 1.82) is 0 Å². The van der Waals surface area contributed by atoms with Crippen LogP contribution in [0.25, 0.3) is 0 Å². The molecule has 0 saturated carbocycles. The van der Waals surface area contributed by atoms with Gasteiger partial charge in [-0.25, -0.2) is 9.36 Å². The Kier molecular flexibility index (Phi) is 6.96. The molecule has 94 valence electrons. The van der Waals surface area contributed by atoms with E-state index >= 15 is 0 Å². The van der Waals surface area contributed by atoms with Crippen LogP contribution in [0.5, 0.6) is 0 Å². The Bertz CT molecular complexity index is 278. The van der Waals surface area contributed by atoms with E-state index in [-0.39, 0.29) is 13.2 Å². The molecule has 0 heterocycles. The first-order chi connectivity index (χ1) is 7.46. The molecule has 0 rings (SSSR count). The number of rotatable bonds is 7. The number of hydrogen-bond acceptors (Lipinski definition) is 7. The molecule has 0 spiro atoms. The Morgan fingerprint density at radius 1 is 1.06 bits per heavy atom. The summed E-state index contributed by atoms with van der Waals surface area (Å²) in [7, 11) is -3.92. The lowest BCUT2D eigenvalue weighted by Crippen LogP contribution is -2.12. The fraction of sp³-hybridized carbons (Fsp3) is 0.750. The second-order valence-electron chi connectivity index (χ2n) is 2.50. The fourth-order valence-electron chi connectivity index (χ4n) is 0.725. The lowest BCUT2D eigenvalue weighted by atomic mass is 10.8. The number of ether oxygens (including phenoxy) is 2.